The number of nitrogens with zero attached hydrogens (tertiary/aromatic N) is 5. The maximum Gasteiger partial charge on any atom is 0.224 e. The van der Waals surface area contributed by atoms with E-state index in [4.69, 9.17) is 0 Å². The molecule has 0 spiro atoms. The van der Waals surface area contributed by atoms with Crippen LogP contribution < -0.4 is 0 Å². The summed E-state index contributed by atoms with van der Waals surface area (Å²) in [7, 11) is 0. The number of aromatic nitrogens is 5. The van der Waals surface area contributed by atoms with Crippen LogP contribution >= 0.6 is 0 Å². The van der Waals surface area contributed by atoms with Crippen LogP contribution in [0.3, 0.4) is 0 Å². The highest BCUT2D eigenvalue weighted by atomic mass is 16.2. The number of benzene rings is 1. The number of carbonyl (C=O) groups is 1. The quantitative estimate of drug-likeness (QED) is 0.729. The molecule has 3 heterocycles. The fraction of sp³-hybridized carbons (Fsp3) is 0.400. The largest absolute Gasteiger partial charge is 0.338 e. The Bertz CT molecular complexity index is 897. The predicted octanol–water partition coefficient (Wildman–Crippen LogP) is 2.60. The molecule has 1 N–H and O–H groups in total. The van der Waals surface area contributed by atoms with Crippen LogP contribution in [-0.4, -0.2) is 42.3 Å². The summed E-state index contributed by atoms with van der Waals surface area (Å²) in [5.41, 5.74) is 5.68. The molecule has 27 heavy (non-hydrogen) atoms. The number of fused-ring (bicyclic) bond motifs is 1. The van der Waals surface area contributed by atoms with E-state index in [9.17, 15) is 4.79 Å². The summed E-state index contributed by atoms with van der Waals surface area (Å²) in [5, 5.41) is 11.8. The fourth-order valence-electron chi connectivity index (χ4n) is 3.58. The standard InChI is InChI=1S/C20H24N6O/c1-2-3-15-4-6-16(7-5-15)20-17-12-25(10-8-18(17)23-24-20)19(27)9-11-26-14-21-13-22-26/h4-7,13-14H,2-3,8-12H2,1H3,(H,23,24). The predicted molar refractivity (Wildman–Crippen MR) is 102 cm³/mol. The molecule has 1 aliphatic heterocycles. The van der Waals surface area contributed by atoms with Gasteiger partial charge < -0.3 is 4.90 Å². The van der Waals surface area contributed by atoms with Crippen molar-refractivity contribution in [1.29, 1.82) is 0 Å². The van der Waals surface area contributed by atoms with E-state index in [1.807, 2.05) is 4.90 Å². The molecular weight excluding hydrogens is 340 g/mol. The first-order valence-electron chi connectivity index (χ1n) is 9.50. The van der Waals surface area contributed by atoms with Crippen molar-refractivity contribution in [2.24, 2.45) is 0 Å². The van der Waals surface area contributed by atoms with Gasteiger partial charge in [-0.15, -0.1) is 0 Å². The third-order valence-electron chi connectivity index (χ3n) is 5.07. The minimum absolute atomic E-state index is 0.140. The van der Waals surface area contributed by atoms with Gasteiger partial charge in [-0.2, -0.15) is 10.2 Å². The summed E-state index contributed by atoms with van der Waals surface area (Å²) in [6, 6.07) is 8.60. The minimum Gasteiger partial charge on any atom is -0.338 e. The van der Waals surface area contributed by atoms with Crippen molar-refractivity contribution < 1.29 is 4.79 Å². The molecule has 0 aliphatic carbocycles. The Morgan fingerprint density at radius 3 is 2.85 bits per heavy atom. The summed E-state index contributed by atoms with van der Waals surface area (Å²) in [4.78, 5) is 18.5. The second-order valence-corrected chi connectivity index (χ2v) is 6.95. The number of amides is 1. The van der Waals surface area contributed by atoms with Crippen LogP contribution in [0.1, 0.15) is 36.6 Å². The van der Waals surface area contributed by atoms with Crippen LogP contribution in [0, 0.1) is 0 Å². The van der Waals surface area contributed by atoms with Crippen LogP contribution in [0.2, 0.25) is 0 Å². The highest BCUT2D eigenvalue weighted by Gasteiger charge is 2.25. The van der Waals surface area contributed by atoms with Crippen molar-refractivity contribution in [2.45, 2.75) is 45.7 Å². The van der Waals surface area contributed by atoms with Crippen molar-refractivity contribution in [2.75, 3.05) is 6.54 Å². The van der Waals surface area contributed by atoms with Gasteiger partial charge >= 0.3 is 0 Å². The molecule has 140 valence electrons. The highest BCUT2D eigenvalue weighted by Crippen LogP contribution is 2.29. The van der Waals surface area contributed by atoms with E-state index in [0.717, 1.165) is 48.3 Å². The molecule has 0 atom stereocenters. The number of aromatic amines is 1. The lowest BCUT2D eigenvalue weighted by molar-refractivity contribution is -0.132. The third kappa shape index (κ3) is 3.77. The Morgan fingerprint density at radius 1 is 1.26 bits per heavy atom. The van der Waals surface area contributed by atoms with Crippen molar-refractivity contribution in [1.82, 2.24) is 29.9 Å². The third-order valence-corrected chi connectivity index (χ3v) is 5.07. The lowest BCUT2D eigenvalue weighted by atomic mass is 9.99. The smallest absolute Gasteiger partial charge is 0.224 e. The van der Waals surface area contributed by atoms with E-state index in [-0.39, 0.29) is 5.91 Å². The maximum atomic E-state index is 12.6. The lowest BCUT2D eigenvalue weighted by Crippen LogP contribution is -2.36. The molecule has 0 bridgehead atoms. The molecule has 0 unspecified atom stereocenters. The molecule has 7 nitrogen and oxygen atoms in total. The van der Waals surface area contributed by atoms with Gasteiger partial charge in [0.25, 0.3) is 0 Å². The van der Waals surface area contributed by atoms with E-state index in [0.29, 0.717) is 19.5 Å². The SMILES string of the molecule is CCCc1ccc(-c2n[nH]c3c2CN(C(=O)CCn2cncn2)CC3)cc1. The van der Waals surface area contributed by atoms with Gasteiger partial charge in [0.15, 0.2) is 0 Å². The average molecular weight is 364 g/mol. The number of nitrogens with one attached hydrogen (secondary N) is 1. The van der Waals surface area contributed by atoms with E-state index < -0.39 is 0 Å². The Labute approximate surface area is 158 Å². The zero-order valence-corrected chi connectivity index (χ0v) is 15.6. The van der Waals surface area contributed by atoms with Gasteiger partial charge in [0.1, 0.15) is 12.7 Å². The Hall–Kier alpha value is -2.96. The van der Waals surface area contributed by atoms with Crippen LogP contribution in [-0.2, 0) is 30.7 Å². The number of hydrogen-bond donors (Lipinski definition) is 1. The zero-order valence-electron chi connectivity index (χ0n) is 15.6. The number of carbonyl (C=O) groups excluding carboxylic acids is 1. The molecule has 0 fully saturated rings. The number of rotatable bonds is 6. The van der Waals surface area contributed by atoms with E-state index >= 15 is 0 Å². The van der Waals surface area contributed by atoms with Crippen LogP contribution in [0.4, 0.5) is 0 Å². The van der Waals surface area contributed by atoms with E-state index in [1.54, 1.807) is 11.0 Å². The van der Waals surface area contributed by atoms with Crippen molar-refractivity contribution in [3.05, 3.63) is 53.7 Å². The van der Waals surface area contributed by atoms with E-state index in [2.05, 4.69) is 51.5 Å². The number of aryl methyl sites for hydroxylation is 2. The topological polar surface area (TPSA) is 79.7 Å². The summed E-state index contributed by atoms with van der Waals surface area (Å²) < 4.78 is 1.69. The summed E-state index contributed by atoms with van der Waals surface area (Å²) in [6.45, 7) is 4.07. The summed E-state index contributed by atoms with van der Waals surface area (Å²) in [5.74, 6) is 0.140. The lowest BCUT2D eigenvalue weighted by Gasteiger charge is -2.27. The molecule has 0 saturated heterocycles. The second-order valence-electron chi connectivity index (χ2n) is 6.95. The molecule has 1 amide bonds. The average Bonchev–Trinajstić information content (AvgIpc) is 3.36. The molecule has 3 aromatic rings. The minimum atomic E-state index is 0.140. The summed E-state index contributed by atoms with van der Waals surface area (Å²) >= 11 is 0. The van der Waals surface area contributed by atoms with Gasteiger partial charge in [0, 0.05) is 42.8 Å². The Kier molecular flexibility index (Phi) is 5.00. The first-order valence-corrected chi connectivity index (χ1v) is 9.50. The molecule has 0 saturated carbocycles. The van der Waals surface area contributed by atoms with Crippen molar-refractivity contribution in [3.8, 4) is 11.3 Å². The van der Waals surface area contributed by atoms with Crippen LogP contribution in [0.15, 0.2) is 36.9 Å². The molecule has 7 heteroatoms. The van der Waals surface area contributed by atoms with Gasteiger partial charge in [-0.25, -0.2) is 4.98 Å². The van der Waals surface area contributed by atoms with Crippen LogP contribution in [0.25, 0.3) is 11.3 Å². The first kappa shape index (κ1) is 17.5. The number of H-pyrrole nitrogens is 1. The normalized spacial score (nSPS) is 13.6. The van der Waals surface area contributed by atoms with Gasteiger partial charge in [0.2, 0.25) is 5.91 Å². The molecule has 1 aromatic carbocycles. The van der Waals surface area contributed by atoms with Crippen molar-refractivity contribution in [3.63, 3.8) is 0 Å². The van der Waals surface area contributed by atoms with E-state index in [1.165, 1.54) is 11.9 Å². The monoisotopic (exact) mass is 364 g/mol. The van der Waals surface area contributed by atoms with Crippen LogP contribution in [0.5, 0.6) is 0 Å². The highest BCUT2D eigenvalue weighted by molar-refractivity contribution is 5.77. The van der Waals surface area contributed by atoms with Gasteiger partial charge in [0.05, 0.1) is 12.2 Å². The van der Waals surface area contributed by atoms with Gasteiger partial charge in [-0.3, -0.25) is 14.6 Å². The Morgan fingerprint density at radius 2 is 2.11 bits per heavy atom. The second kappa shape index (κ2) is 7.73. The number of hydrogen-bond acceptors (Lipinski definition) is 4. The maximum absolute atomic E-state index is 12.6. The molecule has 2 aromatic heterocycles. The Balaban J connectivity index is 1.47. The van der Waals surface area contributed by atoms with Gasteiger partial charge in [-0.05, 0) is 12.0 Å². The summed E-state index contributed by atoms with van der Waals surface area (Å²) in [6.07, 6.45) is 6.60. The van der Waals surface area contributed by atoms with Gasteiger partial charge in [-0.1, -0.05) is 37.6 Å². The zero-order chi connectivity index (χ0) is 18.6. The molecular formula is C20H24N6O. The van der Waals surface area contributed by atoms with Crippen molar-refractivity contribution >= 4 is 5.91 Å². The molecule has 1 aliphatic rings. The first-order chi connectivity index (χ1) is 13.2. The fourth-order valence-corrected chi connectivity index (χ4v) is 3.58. The molecule has 4 rings (SSSR count). The molecule has 0 radical (unpaired) electrons.